The number of anilines is 1. The topological polar surface area (TPSA) is 61.8 Å². The molecule has 1 heterocycles. The van der Waals surface area contributed by atoms with E-state index in [1.54, 1.807) is 19.0 Å². The molecule has 1 atom stereocenters. The van der Waals surface area contributed by atoms with Crippen LogP contribution in [0.1, 0.15) is 37.7 Å². The quantitative estimate of drug-likeness (QED) is 0.764. The lowest BCUT2D eigenvalue weighted by Crippen LogP contribution is -2.54. The van der Waals surface area contributed by atoms with Crippen molar-refractivity contribution in [3.8, 4) is 17.6 Å². The highest BCUT2D eigenvalue weighted by molar-refractivity contribution is 5.99. The molecule has 2 aliphatic carbocycles. The molecule has 0 bridgehead atoms. The van der Waals surface area contributed by atoms with E-state index in [9.17, 15) is 9.90 Å². The Bertz CT molecular complexity index is 765. The summed E-state index contributed by atoms with van der Waals surface area (Å²) in [5, 5.41) is 13.5. The predicted octanol–water partition coefficient (Wildman–Crippen LogP) is 1.68. The second-order valence-electron chi connectivity index (χ2n) is 7.72. The van der Waals surface area contributed by atoms with Crippen LogP contribution in [0.3, 0.4) is 0 Å². The van der Waals surface area contributed by atoms with Crippen molar-refractivity contribution in [2.45, 2.75) is 43.7 Å². The number of carbonyl (C=O) groups excluding carboxylic acids is 1. The van der Waals surface area contributed by atoms with E-state index in [2.05, 4.69) is 17.2 Å². The molecule has 1 unspecified atom stereocenters. The van der Waals surface area contributed by atoms with Gasteiger partial charge in [0.1, 0.15) is 24.0 Å². The first kappa shape index (κ1) is 16.4. The molecule has 1 aromatic rings. The molecule has 3 aliphatic rings. The molecule has 4 rings (SSSR count). The van der Waals surface area contributed by atoms with Crippen LogP contribution >= 0.6 is 0 Å². The minimum absolute atomic E-state index is 0.0316. The van der Waals surface area contributed by atoms with Crippen LogP contribution in [0.25, 0.3) is 0 Å². The summed E-state index contributed by atoms with van der Waals surface area (Å²) in [6, 6.07) is 5.23. The summed E-state index contributed by atoms with van der Waals surface area (Å²) in [6.07, 6.45) is 5.33. The lowest BCUT2D eigenvalue weighted by atomic mass is 9.50. The van der Waals surface area contributed by atoms with Gasteiger partial charge in [0.2, 0.25) is 5.91 Å². The summed E-state index contributed by atoms with van der Waals surface area (Å²) >= 11 is 0. The van der Waals surface area contributed by atoms with Crippen molar-refractivity contribution in [2.24, 2.45) is 5.41 Å². The second-order valence-corrected chi connectivity index (χ2v) is 7.72. The fourth-order valence-electron chi connectivity index (χ4n) is 4.28. The fraction of sp³-hybridized carbons (Fsp3) is 0.550. The normalized spacial score (nSPS) is 25.6. The third-order valence-electron chi connectivity index (χ3n) is 5.89. The summed E-state index contributed by atoms with van der Waals surface area (Å²) in [4.78, 5) is 14.0. The highest BCUT2D eigenvalue weighted by Gasteiger charge is 2.55. The van der Waals surface area contributed by atoms with Gasteiger partial charge in [0, 0.05) is 12.6 Å². The number of rotatable bonds is 1. The van der Waals surface area contributed by atoms with E-state index in [0.717, 1.165) is 18.4 Å². The van der Waals surface area contributed by atoms with Crippen LogP contribution in [0.15, 0.2) is 18.2 Å². The van der Waals surface area contributed by atoms with E-state index in [4.69, 9.17) is 4.74 Å². The number of hydrogen-bond donors (Lipinski definition) is 2. The van der Waals surface area contributed by atoms with Gasteiger partial charge in [-0.1, -0.05) is 18.3 Å². The molecule has 1 aromatic carbocycles. The van der Waals surface area contributed by atoms with Gasteiger partial charge in [0.05, 0.1) is 5.69 Å². The molecule has 5 nitrogen and oxygen atoms in total. The van der Waals surface area contributed by atoms with Crippen molar-refractivity contribution in [1.29, 1.82) is 0 Å². The van der Waals surface area contributed by atoms with E-state index in [0.29, 0.717) is 23.5 Å². The van der Waals surface area contributed by atoms with Crippen molar-refractivity contribution in [2.75, 3.05) is 25.6 Å². The maximum absolute atomic E-state index is 12.4. The first-order valence-corrected chi connectivity index (χ1v) is 8.91. The van der Waals surface area contributed by atoms with Gasteiger partial charge < -0.3 is 20.1 Å². The Labute approximate surface area is 148 Å². The van der Waals surface area contributed by atoms with E-state index in [1.807, 2.05) is 18.2 Å². The van der Waals surface area contributed by atoms with Crippen LogP contribution in [-0.2, 0) is 4.79 Å². The number of nitrogens with zero attached hydrogens (tertiary/aromatic N) is 1. The fourth-order valence-corrected chi connectivity index (χ4v) is 4.28. The van der Waals surface area contributed by atoms with E-state index in [-0.39, 0.29) is 11.9 Å². The van der Waals surface area contributed by atoms with Crippen molar-refractivity contribution < 1.29 is 14.6 Å². The SMILES string of the molecule is CNC1COc2ccc(C#CC3(O)CC4(CCC4)C3)cc2N(C)C1=O. The number of likely N-dealkylation sites (N-methyl/N-ethyl adjacent to an activating group) is 2. The Morgan fingerprint density at radius 2 is 2.12 bits per heavy atom. The molecular formula is C20H24N2O3. The molecule has 5 heteroatoms. The van der Waals surface area contributed by atoms with Crippen LogP contribution in [0.4, 0.5) is 5.69 Å². The van der Waals surface area contributed by atoms with Crippen LogP contribution < -0.4 is 15.0 Å². The predicted molar refractivity (Wildman–Crippen MR) is 95.5 cm³/mol. The Balaban J connectivity index is 1.55. The van der Waals surface area contributed by atoms with Gasteiger partial charge >= 0.3 is 0 Å². The van der Waals surface area contributed by atoms with Gasteiger partial charge in [-0.25, -0.2) is 0 Å². The molecule has 1 aliphatic heterocycles. The van der Waals surface area contributed by atoms with Crippen LogP contribution in [-0.4, -0.2) is 43.4 Å². The van der Waals surface area contributed by atoms with Gasteiger partial charge in [-0.3, -0.25) is 4.79 Å². The third kappa shape index (κ3) is 2.80. The van der Waals surface area contributed by atoms with E-state index in [1.165, 1.54) is 19.3 Å². The summed E-state index contributed by atoms with van der Waals surface area (Å²) in [6.45, 7) is 0.305. The lowest BCUT2D eigenvalue weighted by molar-refractivity contribution is -0.126. The zero-order valence-corrected chi connectivity index (χ0v) is 14.8. The molecule has 1 spiro atoms. The number of aliphatic hydroxyl groups is 1. The molecule has 132 valence electrons. The van der Waals surface area contributed by atoms with Gasteiger partial charge in [0.15, 0.2) is 0 Å². The number of carbonyl (C=O) groups is 1. The molecule has 2 fully saturated rings. The monoisotopic (exact) mass is 340 g/mol. The number of nitrogens with one attached hydrogen (secondary N) is 1. The molecule has 2 N–H and O–H groups in total. The first-order valence-electron chi connectivity index (χ1n) is 8.91. The zero-order chi connectivity index (χ0) is 17.7. The zero-order valence-electron chi connectivity index (χ0n) is 14.8. The van der Waals surface area contributed by atoms with Crippen LogP contribution in [0, 0.1) is 17.3 Å². The summed E-state index contributed by atoms with van der Waals surface area (Å²) < 4.78 is 5.75. The second kappa shape index (κ2) is 5.76. The van der Waals surface area contributed by atoms with Crippen LogP contribution in [0.5, 0.6) is 5.75 Å². The molecular weight excluding hydrogens is 316 g/mol. The summed E-state index contributed by atoms with van der Waals surface area (Å²) in [5.74, 6) is 6.79. The number of fused-ring (bicyclic) bond motifs is 1. The van der Waals surface area contributed by atoms with Crippen molar-refractivity contribution in [3.63, 3.8) is 0 Å². The van der Waals surface area contributed by atoms with E-state index >= 15 is 0 Å². The summed E-state index contributed by atoms with van der Waals surface area (Å²) in [5.41, 5.74) is 1.03. The van der Waals surface area contributed by atoms with Crippen molar-refractivity contribution in [3.05, 3.63) is 23.8 Å². The molecule has 0 aromatic heterocycles. The van der Waals surface area contributed by atoms with Crippen molar-refractivity contribution in [1.82, 2.24) is 5.32 Å². The Morgan fingerprint density at radius 3 is 2.76 bits per heavy atom. The molecule has 2 saturated carbocycles. The number of benzene rings is 1. The molecule has 25 heavy (non-hydrogen) atoms. The lowest BCUT2D eigenvalue weighted by Gasteiger charge is -2.56. The largest absolute Gasteiger partial charge is 0.489 e. The third-order valence-corrected chi connectivity index (χ3v) is 5.89. The Morgan fingerprint density at radius 1 is 1.36 bits per heavy atom. The van der Waals surface area contributed by atoms with Gasteiger partial charge in [-0.05, 0) is 56.3 Å². The number of ether oxygens (including phenoxy) is 1. The molecule has 0 saturated heterocycles. The number of amides is 1. The molecule has 1 amide bonds. The standard InChI is InChI=1S/C20H24N2O3/c1-21-15-11-25-17-5-4-14(10-16(17)22(2)18(15)23)6-9-20(24)12-19(13-20)7-3-8-19/h4-5,10,15,21,24H,3,7-8,11-13H2,1-2H3. The highest BCUT2D eigenvalue weighted by Crippen LogP contribution is 2.60. The highest BCUT2D eigenvalue weighted by atomic mass is 16.5. The maximum atomic E-state index is 12.4. The van der Waals surface area contributed by atoms with Gasteiger partial charge in [0.25, 0.3) is 0 Å². The van der Waals surface area contributed by atoms with Crippen molar-refractivity contribution >= 4 is 11.6 Å². The number of hydrogen-bond acceptors (Lipinski definition) is 4. The smallest absolute Gasteiger partial charge is 0.247 e. The van der Waals surface area contributed by atoms with Crippen LogP contribution in [0.2, 0.25) is 0 Å². The van der Waals surface area contributed by atoms with Gasteiger partial charge in [-0.15, -0.1) is 0 Å². The van der Waals surface area contributed by atoms with E-state index < -0.39 is 5.60 Å². The Hall–Kier alpha value is -2.03. The van der Waals surface area contributed by atoms with Gasteiger partial charge in [-0.2, -0.15) is 0 Å². The minimum Gasteiger partial charge on any atom is -0.489 e. The first-order chi connectivity index (χ1) is 11.9. The average molecular weight is 340 g/mol. The Kier molecular flexibility index (Phi) is 3.78. The summed E-state index contributed by atoms with van der Waals surface area (Å²) in [7, 11) is 3.50. The molecule has 0 radical (unpaired) electrons. The maximum Gasteiger partial charge on any atom is 0.247 e. The average Bonchev–Trinajstić information content (AvgIpc) is 2.66. The minimum atomic E-state index is -0.845.